The number of aromatic nitrogens is 1. The number of nitrogens with zero attached hydrogens (tertiary/aromatic N) is 2. The van der Waals surface area contributed by atoms with Gasteiger partial charge in [-0.05, 0) is 49.7 Å². The van der Waals surface area contributed by atoms with Gasteiger partial charge in [-0.3, -0.25) is 4.79 Å². The van der Waals surface area contributed by atoms with Crippen LogP contribution in [-0.4, -0.2) is 23.1 Å². The van der Waals surface area contributed by atoms with Crippen LogP contribution < -0.4 is 5.32 Å². The highest BCUT2D eigenvalue weighted by molar-refractivity contribution is 6.30. The van der Waals surface area contributed by atoms with Gasteiger partial charge in [-0.1, -0.05) is 11.6 Å². The monoisotopic (exact) mass is 429 g/mol. The minimum atomic E-state index is -1.02. The third-order valence-electron chi connectivity index (χ3n) is 4.58. The first-order valence-electron chi connectivity index (χ1n) is 8.86. The number of hydrogen-bond acceptors (Lipinski definition) is 5. The molecule has 0 saturated carbocycles. The van der Waals surface area contributed by atoms with Crippen molar-refractivity contribution in [2.75, 3.05) is 11.9 Å². The Labute approximate surface area is 176 Å². The summed E-state index contributed by atoms with van der Waals surface area (Å²) in [4.78, 5) is 24.5. The molecule has 2 heterocycles. The predicted molar refractivity (Wildman–Crippen MR) is 107 cm³/mol. The second-order valence-corrected chi connectivity index (χ2v) is 6.90. The Balaban J connectivity index is 1.76. The molecule has 1 amide bonds. The predicted octanol–water partition coefficient (Wildman–Crippen LogP) is 4.21. The molecular formula is C21H17ClFN3O4. The Morgan fingerprint density at radius 2 is 2.10 bits per heavy atom. The maximum absolute atomic E-state index is 13.8. The van der Waals surface area contributed by atoms with Gasteiger partial charge in [0.05, 0.1) is 23.9 Å². The minimum absolute atomic E-state index is 0.160. The molecule has 0 bridgehead atoms. The number of carbonyl (C=O) groups is 2. The topological polar surface area (TPSA) is 97.3 Å². The number of carbonyl (C=O) groups excluding carboxylic acids is 2. The van der Waals surface area contributed by atoms with Gasteiger partial charge in [-0.15, -0.1) is 0 Å². The quantitative estimate of drug-likeness (QED) is 0.592. The molecule has 0 aliphatic heterocycles. The molecule has 0 spiro atoms. The van der Waals surface area contributed by atoms with E-state index >= 15 is 0 Å². The molecule has 7 nitrogen and oxygen atoms in total. The minimum Gasteiger partial charge on any atom is -0.467 e. The lowest BCUT2D eigenvalue weighted by atomic mass is 10.2. The number of halogens is 2. The number of rotatable bonds is 6. The van der Waals surface area contributed by atoms with Crippen molar-refractivity contribution in [2.45, 2.75) is 20.4 Å². The third-order valence-corrected chi connectivity index (χ3v) is 4.81. The fraction of sp³-hybridized carbons (Fsp3) is 0.190. The van der Waals surface area contributed by atoms with Crippen molar-refractivity contribution < 1.29 is 23.1 Å². The van der Waals surface area contributed by atoms with Crippen LogP contribution in [-0.2, 0) is 16.1 Å². The third kappa shape index (κ3) is 4.36. The van der Waals surface area contributed by atoms with Crippen LogP contribution in [0, 0.1) is 31.0 Å². The van der Waals surface area contributed by atoms with Gasteiger partial charge in [0.1, 0.15) is 23.5 Å². The first-order valence-corrected chi connectivity index (χ1v) is 9.23. The van der Waals surface area contributed by atoms with Gasteiger partial charge in [0.2, 0.25) is 0 Å². The SMILES string of the molecule is Cc1c(C#N)c(NC(=O)COC(=O)c2cc(Cl)ccc2F)n(Cc2ccco2)c1C. The molecule has 9 heteroatoms. The molecule has 0 saturated heterocycles. The molecule has 30 heavy (non-hydrogen) atoms. The van der Waals surface area contributed by atoms with E-state index in [4.69, 9.17) is 20.8 Å². The molecule has 2 aromatic heterocycles. The normalized spacial score (nSPS) is 10.5. The van der Waals surface area contributed by atoms with Crippen molar-refractivity contribution >= 4 is 29.3 Å². The van der Waals surface area contributed by atoms with E-state index in [1.807, 2.05) is 6.92 Å². The van der Waals surface area contributed by atoms with Gasteiger partial charge in [0.25, 0.3) is 5.91 Å². The summed E-state index contributed by atoms with van der Waals surface area (Å²) in [6.45, 7) is 3.21. The van der Waals surface area contributed by atoms with E-state index in [2.05, 4.69) is 11.4 Å². The first-order chi connectivity index (χ1) is 14.3. The lowest BCUT2D eigenvalue weighted by molar-refractivity contribution is -0.119. The molecule has 154 valence electrons. The average molecular weight is 430 g/mol. The van der Waals surface area contributed by atoms with Crippen molar-refractivity contribution in [3.63, 3.8) is 0 Å². The maximum atomic E-state index is 13.8. The van der Waals surface area contributed by atoms with Crippen molar-refractivity contribution in [3.8, 4) is 6.07 Å². The van der Waals surface area contributed by atoms with Crippen molar-refractivity contribution in [2.24, 2.45) is 0 Å². The number of anilines is 1. The van der Waals surface area contributed by atoms with Crippen LogP contribution in [0.2, 0.25) is 5.02 Å². The lowest BCUT2D eigenvalue weighted by Crippen LogP contribution is -2.23. The molecular weight excluding hydrogens is 413 g/mol. The largest absolute Gasteiger partial charge is 0.467 e. The average Bonchev–Trinajstić information content (AvgIpc) is 3.31. The van der Waals surface area contributed by atoms with E-state index in [-0.39, 0.29) is 16.4 Å². The van der Waals surface area contributed by atoms with Gasteiger partial charge >= 0.3 is 5.97 Å². The molecule has 0 aliphatic rings. The van der Waals surface area contributed by atoms with E-state index in [0.29, 0.717) is 23.4 Å². The molecule has 0 radical (unpaired) electrons. The Bertz CT molecular complexity index is 1150. The molecule has 0 fully saturated rings. The van der Waals surface area contributed by atoms with Crippen LogP contribution in [0.4, 0.5) is 10.2 Å². The van der Waals surface area contributed by atoms with Gasteiger partial charge in [0, 0.05) is 10.7 Å². The van der Waals surface area contributed by atoms with E-state index < -0.39 is 24.3 Å². The fourth-order valence-corrected chi connectivity index (χ4v) is 3.09. The van der Waals surface area contributed by atoms with Crippen molar-refractivity contribution in [3.05, 3.63) is 75.6 Å². The molecule has 0 atom stereocenters. The number of hydrogen-bond donors (Lipinski definition) is 1. The molecule has 0 unspecified atom stereocenters. The molecule has 1 N–H and O–H groups in total. The second kappa shape index (κ2) is 8.84. The van der Waals surface area contributed by atoms with Gasteiger partial charge < -0.3 is 19.0 Å². The highest BCUT2D eigenvalue weighted by Gasteiger charge is 2.21. The van der Waals surface area contributed by atoms with Crippen LogP contribution in [0.3, 0.4) is 0 Å². The number of nitrogens with one attached hydrogen (secondary N) is 1. The van der Waals surface area contributed by atoms with E-state index in [9.17, 15) is 19.2 Å². The summed E-state index contributed by atoms with van der Waals surface area (Å²) in [5.74, 6) is -1.62. The summed E-state index contributed by atoms with van der Waals surface area (Å²) in [6.07, 6.45) is 1.53. The Morgan fingerprint density at radius 3 is 2.77 bits per heavy atom. The summed E-state index contributed by atoms with van der Waals surface area (Å²) in [5.41, 5.74) is 1.40. The number of amides is 1. The summed E-state index contributed by atoms with van der Waals surface area (Å²) in [5, 5.41) is 12.3. The number of ether oxygens (including phenoxy) is 1. The van der Waals surface area contributed by atoms with Crippen molar-refractivity contribution in [1.29, 1.82) is 5.26 Å². The highest BCUT2D eigenvalue weighted by atomic mass is 35.5. The summed E-state index contributed by atoms with van der Waals surface area (Å²) < 4.78 is 25.7. The van der Waals surface area contributed by atoms with Crippen LogP contribution in [0.5, 0.6) is 0 Å². The summed E-state index contributed by atoms with van der Waals surface area (Å²) >= 11 is 5.76. The van der Waals surface area contributed by atoms with E-state index in [0.717, 1.165) is 17.8 Å². The van der Waals surface area contributed by atoms with Crippen LogP contribution >= 0.6 is 11.6 Å². The molecule has 3 aromatic rings. The van der Waals surface area contributed by atoms with Gasteiger partial charge in [-0.2, -0.15) is 5.26 Å². The molecule has 1 aromatic carbocycles. The summed E-state index contributed by atoms with van der Waals surface area (Å²) in [6, 6.07) is 9.03. The van der Waals surface area contributed by atoms with Crippen LogP contribution in [0.15, 0.2) is 41.0 Å². The number of furan rings is 1. The van der Waals surface area contributed by atoms with Gasteiger partial charge in [-0.25, -0.2) is 9.18 Å². The second-order valence-electron chi connectivity index (χ2n) is 6.46. The number of nitriles is 1. The van der Waals surface area contributed by atoms with Crippen LogP contribution in [0.1, 0.15) is 32.9 Å². The first kappa shape index (κ1) is 21.1. The molecule has 0 aliphatic carbocycles. The smallest absolute Gasteiger partial charge is 0.341 e. The zero-order valence-corrected chi connectivity index (χ0v) is 16.9. The molecule has 3 rings (SSSR count). The van der Waals surface area contributed by atoms with E-state index in [1.165, 1.54) is 12.3 Å². The van der Waals surface area contributed by atoms with Crippen molar-refractivity contribution in [1.82, 2.24) is 4.57 Å². The summed E-state index contributed by atoms with van der Waals surface area (Å²) in [7, 11) is 0. The Morgan fingerprint density at radius 1 is 1.33 bits per heavy atom. The number of esters is 1. The lowest BCUT2D eigenvalue weighted by Gasteiger charge is -2.12. The highest BCUT2D eigenvalue weighted by Crippen LogP contribution is 2.27. The van der Waals surface area contributed by atoms with E-state index in [1.54, 1.807) is 23.6 Å². The number of benzene rings is 1. The fourth-order valence-electron chi connectivity index (χ4n) is 2.92. The maximum Gasteiger partial charge on any atom is 0.341 e. The van der Waals surface area contributed by atoms with Crippen LogP contribution in [0.25, 0.3) is 0 Å². The zero-order valence-electron chi connectivity index (χ0n) is 16.2. The standard InChI is InChI=1S/C21H17ClFN3O4/c1-12-13(2)26(10-15-4-3-7-29-15)20(17(12)9-24)25-19(27)11-30-21(28)16-8-14(22)5-6-18(16)23/h3-8H,10-11H2,1-2H3,(H,25,27). The van der Waals surface area contributed by atoms with Gasteiger partial charge in [0.15, 0.2) is 6.61 Å². The Hall–Kier alpha value is -3.57. The Kier molecular flexibility index (Phi) is 6.23. The zero-order chi connectivity index (χ0) is 21.8.